The largest absolute Gasteiger partial charge is 0.695 e. The second-order valence-corrected chi connectivity index (χ2v) is 12.5. The first-order valence-electron chi connectivity index (χ1n) is 12.6. The fourth-order valence-corrected chi connectivity index (χ4v) is 7.35. The fraction of sp³-hybridized carbons (Fsp3) is 0.500. The van der Waals surface area contributed by atoms with Crippen LogP contribution in [0.5, 0.6) is 0 Å². The van der Waals surface area contributed by atoms with Crippen molar-refractivity contribution in [2.45, 2.75) is 48.6 Å². The minimum Gasteiger partial charge on any atom is -0.394 e. The summed E-state index contributed by atoms with van der Waals surface area (Å²) < 4.78 is 49.5. The van der Waals surface area contributed by atoms with E-state index in [1.165, 1.54) is 10.9 Å². The molecule has 4 aromatic heterocycles. The molecule has 236 valence electrons. The van der Waals surface area contributed by atoms with Gasteiger partial charge < -0.3 is 45.7 Å². The predicted molar refractivity (Wildman–Crippen MR) is 143 cm³/mol. The number of nitrogen functional groups attached to an aromatic ring is 2. The summed E-state index contributed by atoms with van der Waals surface area (Å²) in [6, 6.07) is 0. The topological polar surface area (TPSA) is 331 Å². The molecule has 0 aromatic carbocycles. The van der Waals surface area contributed by atoms with Gasteiger partial charge in [0.1, 0.15) is 41.9 Å². The zero-order valence-electron chi connectivity index (χ0n) is 22.0. The summed E-state index contributed by atoms with van der Waals surface area (Å²) in [4.78, 5) is 55.0. The second kappa shape index (κ2) is 11.4. The van der Waals surface area contributed by atoms with Crippen molar-refractivity contribution in [3.05, 3.63) is 29.3 Å². The third kappa shape index (κ3) is 5.14. The number of aromatic nitrogens is 8. The van der Waals surface area contributed by atoms with Gasteiger partial charge >= 0.3 is 15.9 Å². The zero-order valence-corrected chi connectivity index (χ0v) is 23.8. The van der Waals surface area contributed by atoms with Gasteiger partial charge in [0.25, 0.3) is 5.56 Å². The number of nitrogens with one attached hydrogen (secondary N) is 1. The Labute approximate surface area is 244 Å². The van der Waals surface area contributed by atoms with E-state index in [1.807, 2.05) is 0 Å². The van der Waals surface area contributed by atoms with Gasteiger partial charge in [-0.3, -0.25) is 23.5 Å². The van der Waals surface area contributed by atoms with Crippen molar-refractivity contribution in [3.63, 3.8) is 0 Å². The number of hydrogen-bond donors (Lipinski definition) is 8. The van der Waals surface area contributed by atoms with Gasteiger partial charge in [-0.25, -0.2) is 19.9 Å². The maximum atomic E-state index is 13.7. The summed E-state index contributed by atoms with van der Waals surface area (Å²) in [5.74, 6) is -0.254. The highest BCUT2D eigenvalue weighted by molar-refractivity contribution is 7.53. The first-order chi connectivity index (χ1) is 20.9. The van der Waals surface area contributed by atoms with Crippen LogP contribution in [0.3, 0.4) is 0 Å². The maximum absolute atomic E-state index is 13.7. The Bertz CT molecular complexity index is 1830. The number of aliphatic hydroxyl groups excluding tert-OH is 3. The summed E-state index contributed by atoms with van der Waals surface area (Å²) in [5, 5.41) is 31.6. The molecule has 22 nitrogen and oxygen atoms in total. The maximum Gasteiger partial charge on any atom is 0.695 e. The van der Waals surface area contributed by atoms with E-state index in [2.05, 4.69) is 29.9 Å². The van der Waals surface area contributed by atoms with Crippen molar-refractivity contribution in [3.8, 4) is 0 Å². The lowest BCUT2D eigenvalue weighted by Crippen LogP contribution is -2.37. The molecular weight excluding hydrogens is 634 g/mol. The van der Waals surface area contributed by atoms with Crippen molar-refractivity contribution in [2.24, 2.45) is 0 Å². The number of nitrogens with two attached hydrogens (primary N) is 2. The molecule has 2 aliphatic rings. The van der Waals surface area contributed by atoms with Crippen LogP contribution in [0.4, 0.5) is 11.8 Å². The Kier molecular flexibility index (Phi) is 7.93. The summed E-state index contributed by atoms with van der Waals surface area (Å²) in [6.07, 6.45) is -7.20. The highest BCUT2D eigenvalue weighted by Crippen LogP contribution is 2.57. The zero-order chi connectivity index (χ0) is 31.5. The SMILES string of the molecule is Nc1nc2c(ncn2[C@@H]2O[C@H](CO)[C@@H](O)[C@H]2P(=O)(O)OC[C@H]2O[C@@H](n3cnc4c(N)ncnc43)[C@H](O)[C@@H]2O[P+](=O)O)c(=O)[nH]1. The average molecular weight is 659 g/mol. The van der Waals surface area contributed by atoms with Crippen LogP contribution in [-0.4, -0.2) is 114 Å². The third-order valence-corrected chi connectivity index (χ3v) is 9.48. The highest BCUT2D eigenvalue weighted by Gasteiger charge is 2.56. The van der Waals surface area contributed by atoms with Crippen molar-refractivity contribution in [1.29, 1.82) is 0 Å². The van der Waals surface area contributed by atoms with E-state index in [-0.39, 0.29) is 34.1 Å². The molecule has 10 N–H and O–H groups in total. The Balaban J connectivity index is 1.29. The van der Waals surface area contributed by atoms with Gasteiger partial charge in [0.15, 0.2) is 41.2 Å². The number of nitrogens with zero attached hydrogens (tertiary/aromatic N) is 7. The number of aromatic amines is 1. The number of anilines is 2. The lowest BCUT2D eigenvalue weighted by molar-refractivity contribution is -0.0491. The Morgan fingerprint density at radius 2 is 1.70 bits per heavy atom. The monoisotopic (exact) mass is 659 g/mol. The molecule has 44 heavy (non-hydrogen) atoms. The van der Waals surface area contributed by atoms with Crippen LogP contribution in [0.2, 0.25) is 0 Å². The summed E-state index contributed by atoms with van der Waals surface area (Å²) >= 11 is 0. The predicted octanol–water partition coefficient (Wildman–Crippen LogP) is -2.76. The van der Waals surface area contributed by atoms with Crippen LogP contribution >= 0.6 is 15.9 Å². The molecule has 6 heterocycles. The van der Waals surface area contributed by atoms with Crippen molar-refractivity contribution in [1.82, 2.24) is 39.0 Å². The molecule has 0 aliphatic carbocycles. The van der Waals surface area contributed by atoms with Gasteiger partial charge in [-0.2, -0.15) is 4.98 Å². The van der Waals surface area contributed by atoms with Crippen LogP contribution in [0.25, 0.3) is 22.3 Å². The number of fused-ring (bicyclic) bond motifs is 2. The molecule has 0 bridgehead atoms. The molecule has 0 radical (unpaired) electrons. The first-order valence-corrected chi connectivity index (χ1v) is 15.4. The van der Waals surface area contributed by atoms with Crippen molar-refractivity contribution >= 4 is 49.9 Å². The summed E-state index contributed by atoms with van der Waals surface area (Å²) in [7, 11) is -8.28. The third-order valence-electron chi connectivity index (χ3n) is 7.23. The Morgan fingerprint density at radius 3 is 2.41 bits per heavy atom. The molecule has 2 saturated heterocycles. The van der Waals surface area contributed by atoms with Crippen LogP contribution in [0.1, 0.15) is 12.5 Å². The van der Waals surface area contributed by atoms with Crippen LogP contribution in [0.15, 0.2) is 23.8 Å². The first kappa shape index (κ1) is 30.5. The van der Waals surface area contributed by atoms with E-state index in [0.717, 1.165) is 17.2 Å². The Morgan fingerprint density at radius 1 is 1.02 bits per heavy atom. The van der Waals surface area contributed by atoms with E-state index in [4.69, 9.17) is 30.0 Å². The Hall–Kier alpha value is -3.53. The average Bonchev–Trinajstić information content (AvgIpc) is 3.72. The van der Waals surface area contributed by atoms with E-state index < -0.39 is 83.3 Å². The molecule has 0 spiro atoms. The van der Waals surface area contributed by atoms with E-state index in [0.29, 0.717) is 0 Å². The van der Waals surface area contributed by atoms with Crippen LogP contribution in [0, 0.1) is 0 Å². The van der Waals surface area contributed by atoms with Gasteiger partial charge in [0.05, 0.1) is 25.9 Å². The quantitative estimate of drug-likeness (QED) is 0.0843. The molecule has 10 atom stereocenters. The lowest BCUT2D eigenvalue weighted by atomic mass is 10.1. The smallest absolute Gasteiger partial charge is 0.394 e. The standard InChI is InChI=1S/C20H24N10O12P2/c21-14-8-15(24-3-23-14)29(4-25-8)18-11(33)12(42-43(35)36)7(41-18)2-39-44(37,38)13-10(32)6(1-31)40-19(13)30-5-26-9-16(30)27-20(22)28-17(9)34/h3-7,10-13,18-19,31-33H,1-2H2,(H6-,21,22,23,24,27,28,34,35,36,37,38)/p+1/t6-,7-,10-,11-,12-,13-,18-,19-/m1/s1. The second-order valence-electron chi connectivity index (χ2n) is 9.81. The van der Waals surface area contributed by atoms with Gasteiger partial charge in [-0.15, -0.1) is 9.42 Å². The number of aliphatic hydroxyl groups is 3. The molecule has 2 unspecified atom stereocenters. The van der Waals surface area contributed by atoms with Gasteiger partial charge in [-0.1, -0.05) is 0 Å². The van der Waals surface area contributed by atoms with E-state index >= 15 is 0 Å². The normalized spacial score (nSPS) is 30.7. The molecule has 0 amide bonds. The van der Waals surface area contributed by atoms with Gasteiger partial charge in [0.2, 0.25) is 5.95 Å². The summed E-state index contributed by atoms with van der Waals surface area (Å²) in [5.41, 5.74) is 8.96. The minimum atomic E-state index is -4.99. The lowest BCUT2D eigenvalue weighted by Gasteiger charge is -2.27. The van der Waals surface area contributed by atoms with Crippen molar-refractivity contribution in [2.75, 3.05) is 24.7 Å². The highest BCUT2D eigenvalue weighted by atomic mass is 31.2. The number of hydrogen-bond acceptors (Lipinski definition) is 17. The molecule has 2 aliphatic heterocycles. The van der Waals surface area contributed by atoms with Crippen LogP contribution < -0.4 is 17.0 Å². The molecule has 4 aromatic rings. The van der Waals surface area contributed by atoms with E-state index in [1.54, 1.807) is 0 Å². The molecule has 0 saturated carbocycles. The number of ether oxygens (including phenoxy) is 2. The molecular formula is C20H25N10O12P2+. The number of imidazole rings is 2. The van der Waals surface area contributed by atoms with Gasteiger partial charge in [-0.05, 0) is 0 Å². The fourth-order valence-electron chi connectivity index (χ4n) is 5.23. The molecule has 2 fully saturated rings. The molecule has 24 heteroatoms. The molecule has 6 rings (SSSR count). The number of H-pyrrole nitrogens is 1. The number of rotatable bonds is 9. The summed E-state index contributed by atoms with van der Waals surface area (Å²) in [6.45, 7) is -1.57. The van der Waals surface area contributed by atoms with Crippen molar-refractivity contribution < 1.29 is 52.8 Å². The van der Waals surface area contributed by atoms with E-state index in [9.17, 15) is 39.0 Å². The van der Waals surface area contributed by atoms with Gasteiger partial charge in [0, 0.05) is 4.57 Å². The minimum absolute atomic E-state index is 0.0369. The van der Waals surface area contributed by atoms with Crippen LogP contribution in [-0.2, 0) is 27.7 Å².